The van der Waals surface area contributed by atoms with Gasteiger partial charge in [-0.15, -0.1) is 11.3 Å². The van der Waals surface area contributed by atoms with E-state index in [0.717, 1.165) is 17.7 Å². The van der Waals surface area contributed by atoms with Gasteiger partial charge in [-0.25, -0.2) is 0 Å². The molecule has 1 heterocycles. The molecule has 0 aliphatic heterocycles. The maximum absolute atomic E-state index is 12.3. The van der Waals surface area contributed by atoms with Crippen LogP contribution in [0.2, 0.25) is 0 Å². The van der Waals surface area contributed by atoms with E-state index in [2.05, 4.69) is 0 Å². The molecule has 0 saturated heterocycles. The van der Waals surface area contributed by atoms with Gasteiger partial charge >= 0.3 is 0 Å². The second-order valence-electron chi connectivity index (χ2n) is 4.49. The molecule has 0 aromatic carbocycles. The fourth-order valence-corrected chi connectivity index (χ4v) is 3.17. The fraction of sp³-hybridized carbons (Fsp3) is 0.615. The third-order valence-electron chi connectivity index (χ3n) is 3.35. The zero-order valence-corrected chi connectivity index (χ0v) is 10.8. The Hall–Kier alpha value is -0.870. The van der Waals surface area contributed by atoms with Crippen molar-refractivity contribution in [2.24, 2.45) is 0 Å². The summed E-state index contributed by atoms with van der Waals surface area (Å²) in [7, 11) is 0. The Morgan fingerprint density at radius 3 is 2.76 bits per heavy atom. The van der Waals surface area contributed by atoms with Gasteiger partial charge in [0, 0.05) is 12.6 Å². The third kappa shape index (κ3) is 3.07. The topological polar surface area (TPSA) is 40.5 Å². The van der Waals surface area contributed by atoms with Crippen molar-refractivity contribution in [1.82, 2.24) is 4.90 Å². The van der Waals surface area contributed by atoms with Crippen molar-refractivity contribution in [3.8, 4) is 0 Å². The van der Waals surface area contributed by atoms with Gasteiger partial charge in [0.05, 0.1) is 11.5 Å². The molecular weight excluding hydrogens is 234 g/mol. The average Bonchev–Trinajstić information content (AvgIpc) is 2.90. The highest BCUT2D eigenvalue weighted by Crippen LogP contribution is 2.24. The molecule has 1 aromatic rings. The number of aliphatic hydroxyl groups is 1. The number of hydrogen-bond acceptors (Lipinski definition) is 3. The lowest BCUT2D eigenvalue weighted by molar-refractivity contribution is 0.0590. The van der Waals surface area contributed by atoms with Gasteiger partial charge in [-0.05, 0) is 24.3 Å². The summed E-state index contributed by atoms with van der Waals surface area (Å²) in [5.74, 6) is 0.0842. The van der Waals surface area contributed by atoms with Crippen LogP contribution in [0.15, 0.2) is 17.5 Å². The van der Waals surface area contributed by atoms with E-state index in [0.29, 0.717) is 12.6 Å². The molecule has 1 fully saturated rings. The average molecular weight is 253 g/mol. The van der Waals surface area contributed by atoms with E-state index in [4.69, 9.17) is 5.11 Å². The minimum Gasteiger partial charge on any atom is -0.395 e. The molecule has 1 amide bonds. The molecule has 3 nitrogen and oxygen atoms in total. The highest BCUT2D eigenvalue weighted by atomic mass is 32.1. The molecule has 17 heavy (non-hydrogen) atoms. The van der Waals surface area contributed by atoms with E-state index >= 15 is 0 Å². The molecule has 0 bridgehead atoms. The maximum atomic E-state index is 12.3. The van der Waals surface area contributed by atoms with Gasteiger partial charge in [-0.3, -0.25) is 4.79 Å². The van der Waals surface area contributed by atoms with Gasteiger partial charge in [0.1, 0.15) is 0 Å². The summed E-state index contributed by atoms with van der Waals surface area (Å²) >= 11 is 1.48. The monoisotopic (exact) mass is 253 g/mol. The van der Waals surface area contributed by atoms with Crippen LogP contribution in [0.25, 0.3) is 0 Å². The summed E-state index contributed by atoms with van der Waals surface area (Å²) in [4.78, 5) is 15.0. The van der Waals surface area contributed by atoms with E-state index in [1.807, 2.05) is 22.4 Å². The number of carbonyl (C=O) groups is 1. The molecule has 94 valence electrons. The van der Waals surface area contributed by atoms with Crippen LogP contribution in [0.4, 0.5) is 0 Å². The predicted octanol–water partition coefficient (Wildman–Crippen LogP) is 2.52. The number of amides is 1. The number of aliphatic hydroxyl groups excluding tert-OH is 1. The number of thiophene rings is 1. The first-order valence-electron chi connectivity index (χ1n) is 6.28. The zero-order chi connectivity index (χ0) is 12.1. The molecule has 0 radical (unpaired) electrons. The Bertz CT molecular complexity index is 344. The van der Waals surface area contributed by atoms with Crippen LogP contribution in [0.3, 0.4) is 0 Å². The van der Waals surface area contributed by atoms with Crippen LogP contribution >= 0.6 is 11.3 Å². The van der Waals surface area contributed by atoms with Crippen molar-refractivity contribution in [2.75, 3.05) is 13.2 Å². The van der Waals surface area contributed by atoms with E-state index in [1.54, 1.807) is 0 Å². The minimum atomic E-state index is 0.0492. The third-order valence-corrected chi connectivity index (χ3v) is 4.21. The normalized spacial score (nSPS) is 17.0. The van der Waals surface area contributed by atoms with Crippen LogP contribution < -0.4 is 0 Å². The second kappa shape index (κ2) is 6.17. The number of rotatable bonds is 4. The van der Waals surface area contributed by atoms with Crippen molar-refractivity contribution in [3.63, 3.8) is 0 Å². The highest BCUT2D eigenvalue weighted by Gasteiger charge is 2.26. The Balaban J connectivity index is 2.07. The van der Waals surface area contributed by atoms with Crippen molar-refractivity contribution in [3.05, 3.63) is 22.4 Å². The zero-order valence-electron chi connectivity index (χ0n) is 9.97. The quantitative estimate of drug-likeness (QED) is 0.895. The number of nitrogens with zero attached hydrogens (tertiary/aromatic N) is 1. The first kappa shape index (κ1) is 12.6. The molecule has 1 aromatic heterocycles. The molecule has 2 rings (SSSR count). The lowest BCUT2D eigenvalue weighted by Crippen LogP contribution is -2.42. The molecular formula is C13H19NO2S. The van der Waals surface area contributed by atoms with Gasteiger partial charge < -0.3 is 10.0 Å². The lowest BCUT2D eigenvalue weighted by Gasteiger charge is -2.33. The van der Waals surface area contributed by atoms with Crippen molar-refractivity contribution in [2.45, 2.75) is 38.1 Å². The standard InChI is InChI=1S/C13H19NO2S/c15-9-8-14(11-5-2-1-3-6-11)13(16)12-7-4-10-17-12/h4,7,10-11,15H,1-3,5-6,8-9H2. The Morgan fingerprint density at radius 1 is 1.41 bits per heavy atom. The SMILES string of the molecule is O=C(c1cccs1)N(CCO)C1CCCCC1. The Morgan fingerprint density at radius 2 is 2.18 bits per heavy atom. The summed E-state index contributed by atoms with van der Waals surface area (Å²) in [5.41, 5.74) is 0. The van der Waals surface area contributed by atoms with E-state index in [9.17, 15) is 4.79 Å². The van der Waals surface area contributed by atoms with E-state index < -0.39 is 0 Å². The molecule has 1 aliphatic rings. The summed E-state index contributed by atoms with van der Waals surface area (Å²) in [6, 6.07) is 4.08. The Labute approximate surface area is 106 Å². The van der Waals surface area contributed by atoms with Gasteiger partial charge in [0.15, 0.2) is 0 Å². The predicted molar refractivity (Wildman–Crippen MR) is 69.3 cm³/mol. The van der Waals surface area contributed by atoms with Crippen LogP contribution in [0.5, 0.6) is 0 Å². The van der Waals surface area contributed by atoms with E-state index in [-0.39, 0.29) is 12.5 Å². The largest absolute Gasteiger partial charge is 0.395 e. The maximum Gasteiger partial charge on any atom is 0.264 e. The van der Waals surface area contributed by atoms with Gasteiger partial charge in [-0.1, -0.05) is 25.3 Å². The number of hydrogen-bond donors (Lipinski definition) is 1. The van der Waals surface area contributed by atoms with Crippen LogP contribution in [-0.4, -0.2) is 35.1 Å². The molecule has 1 aliphatic carbocycles. The van der Waals surface area contributed by atoms with Crippen molar-refractivity contribution >= 4 is 17.2 Å². The van der Waals surface area contributed by atoms with E-state index in [1.165, 1.54) is 30.6 Å². The van der Waals surface area contributed by atoms with Gasteiger partial charge in [0.2, 0.25) is 0 Å². The van der Waals surface area contributed by atoms with Gasteiger partial charge in [0.25, 0.3) is 5.91 Å². The van der Waals surface area contributed by atoms with Crippen LogP contribution in [-0.2, 0) is 0 Å². The van der Waals surface area contributed by atoms with Crippen molar-refractivity contribution in [1.29, 1.82) is 0 Å². The first-order valence-corrected chi connectivity index (χ1v) is 7.16. The molecule has 1 saturated carbocycles. The molecule has 0 atom stereocenters. The summed E-state index contributed by atoms with van der Waals surface area (Å²) in [6.07, 6.45) is 5.83. The van der Waals surface area contributed by atoms with Crippen LogP contribution in [0.1, 0.15) is 41.8 Å². The molecule has 4 heteroatoms. The summed E-state index contributed by atoms with van der Waals surface area (Å²) in [5, 5.41) is 11.0. The Kier molecular flexibility index (Phi) is 4.57. The summed E-state index contributed by atoms with van der Waals surface area (Å²) < 4.78 is 0. The molecule has 0 unspecified atom stereocenters. The minimum absolute atomic E-state index is 0.0492. The van der Waals surface area contributed by atoms with Crippen LogP contribution in [0, 0.1) is 0 Å². The lowest BCUT2D eigenvalue weighted by atomic mass is 9.94. The second-order valence-corrected chi connectivity index (χ2v) is 5.44. The highest BCUT2D eigenvalue weighted by molar-refractivity contribution is 7.12. The number of carbonyl (C=O) groups excluding carboxylic acids is 1. The smallest absolute Gasteiger partial charge is 0.264 e. The van der Waals surface area contributed by atoms with Crippen molar-refractivity contribution < 1.29 is 9.90 Å². The molecule has 0 spiro atoms. The molecule has 1 N–H and O–H groups in total. The summed E-state index contributed by atoms with van der Waals surface area (Å²) in [6.45, 7) is 0.509. The van der Waals surface area contributed by atoms with Gasteiger partial charge in [-0.2, -0.15) is 0 Å². The fourth-order valence-electron chi connectivity index (χ4n) is 2.49. The first-order chi connectivity index (χ1) is 8.33.